The number of nitrogens with zero attached hydrogens (tertiary/aromatic N) is 1. The monoisotopic (exact) mass is 416 g/mol. The molecule has 4 rings (SSSR count). The third kappa shape index (κ3) is 5.00. The molecule has 0 aliphatic carbocycles. The minimum absolute atomic E-state index is 0.0165. The molecule has 0 spiro atoms. The summed E-state index contributed by atoms with van der Waals surface area (Å²) in [5.74, 6) is -0.629. The Kier molecular flexibility index (Phi) is 6.12. The first kappa shape index (κ1) is 20.8. The predicted octanol–water partition coefficient (Wildman–Crippen LogP) is 5.29. The second kappa shape index (κ2) is 9.13. The molecular weight excluding hydrogens is 391 g/mol. The highest BCUT2D eigenvalue weighted by molar-refractivity contribution is 5.95. The molecule has 1 fully saturated rings. The molecular formula is C26H25FN2O2. The second-order valence-corrected chi connectivity index (χ2v) is 8.01. The number of likely N-dealkylation sites (tertiary alicyclic amines) is 1. The van der Waals surface area contributed by atoms with Crippen LogP contribution in [0.1, 0.15) is 28.8 Å². The van der Waals surface area contributed by atoms with E-state index in [1.54, 1.807) is 4.90 Å². The molecule has 0 aromatic heterocycles. The Morgan fingerprint density at radius 2 is 1.58 bits per heavy atom. The number of benzene rings is 3. The Morgan fingerprint density at radius 3 is 2.23 bits per heavy atom. The Morgan fingerprint density at radius 1 is 0.903 bits per heavy atom. The minimum atomic E-state index is -0.362. The quantitative estimate of drug-likeness (QED) is 0.628. The summed E-state index contributed by atoms with van der Waals surface area (Å²) in [4.78, 5) is 27.0. The van der Waals surface area contributed by atoms with Gasteiger partial charge in [-0.15, -0.1) is 0 Å². The molecule has 0 unspecified atom stereocenters. The fourth-order valence-electron chi connectivity index (χ4n) is 3.93. The van der Waals surface area contributed by atoms with Crippen LogP contribution in [0.5, 0.6) is 0 Å². The Hall–Kier alpha value is -3.47. The van der Waals surface area contributed by atoms with Crippen molar-refractivity contribution in [3.05, 3.63) is 89.7 Å². The van der Waals surface area contributed by atoms with E-state index in [1.165, 1.54) is 29.8 Å². The van der Waals surface area contributed by atoms with E-state index in [4.69, 9.17) is 0 Å². The molecule has 5 heteroatoms. The maximum absolute atomic E-state index is 13.1. The van der Waals surface area contributed by atoms with Crippen LogP contribution in [-0.2, 0) is 4.79 Å². The maximum Gasteiger partial charge on any atom is 0.253 e. The van der Waals surface area contributed by atoms with E-state index >= 15 is 0 Å². The largest absolute Gasteiger partial charge is 0.339 e. The van der Waals surface area contributed by atoms with Gasteiger partial charge in [-0.2, -0.15) is 0 Å². The van der Waals surface area contributed by atoms with Crippen LogP contribution in [0.15, 0.2) is 72.8 Å². The van der Waals surface area contributed by atoms with Crippen LogP contribution >= 0.6 is 0 Å². The highest BCUT2D eigenvalue weighted by atomic mass is 19.1. The van der Waals surface area contributed by atoms with Crippen LogP contribution < -0.4 is 5.32 Å². The predicted molar refractivity (Wildman–Crippen MR) is 120 cm³/mol. The van der Waals surface area contributed by atoms with E-state index in [9.17, 15) is 14.0 Å². The van der Waals surface area contributed by atoms with Gasteiger partial charge >= 0.3 is 0 Å². The van der Waals surface area contributed by atoms with Crippen LogP contribution in [0.25, 0.3) is 11.1 Å². The molecule has 1 aliphatic rings. The molecule has 4 nitrogen and oxygen atoms in total. The van der Waals surface area contributed by atoms with Gasteiger partial charge in [0.2, 0.25) is 5.91 Å². The van der Waals surface area contributed by atoms with Gasteiger partial charge in [-0.05, 0) is 67.3 Å². The SMILES string of the molecule is Cc1cccc(-c2ccc(NC(=O)C3CCN(C(=O)c4ccc(F)cc4)CC3)cc2)c1. The lowest BCUT2D eigenvalue weighted by atomic mass is 9.95. The van der Waals surface area contributed by atoms with Gasteiger partial charge in [-0.1, -0.05) is 42.0 Å². The van der Waals surface area contributed by atoms with Gasteiger partial charge < -0.3 is 10.2 Å². The van der Waals surface area contributed by atoms with E-state index in [0.717, 1.165) is 16.8 Å². The topological polar surface area (TPSA) is 49.4 Å². The Balaban J connectivity index is 1.32. The number of amides is 2. The third-order valence-electron chi connectivity index (χ3n) is 5.75. The number of hydrogen-bond acceptors (Lipinski definition) is 2. The summed E-state index contributed by atoms with van der Waals surface area (Å²) in [6.45, 7) is 3.10. The van der Waals surface area contributed by atoms with Crippen molar-refractivity contribution in [1.82, 2.24) is 4.90 Å². The summed E-state index contributed by atoms with van der Waals surface area (Å²) in [5, 5.41) is 3.00. The summed E-state index contributed by atoms with van der Waals surface area (Å²) in [7, 11) is 0. The smallest absolute Gasteiger partial charge is 0.253 e. The van der Waals surface area contributed by atoms with Crippen molar-refractivity contribution in [1.29, 1.82) is 0 Å². The van der Waals surface area contributed by atoms with Gasteiger partial charge in [0.25, 0.3) is 5.91 Å². The van der Waals surface area contributed by atoms with E-state index in [2.05, 4.69) is 30.4 Å². The molecule has 0 bridgehead atoms. The number of halogens is 1. The van der Waals surface area contributed by atoms with E-state index in [-0.39, 0.29) is 23.5 Å². The fourth-order valence-corrected chi connectivity index (χ4v) is 3.93. The number of anilines is 1. The standard InChI is InChI=1S/C26H25FN2O2/c1-18-3-2-4-22(17-18)19-7-11-24(12-8-19)28-25(30)20-13-15-29(16-14-20)26(31)21-5-9-23(27)10-6-21/h2-12,17,20H,13-16H2,1H3,(H,28,30). The van der Waals surface area contributed by atoms with Gasteiger partial charge in [-0.3, -0.25) is 9.59 Å². The van der Waals surface area contributed by atoms with Crippen molar-refractivity contribution in [3.8, 4) is 11.1 Å². The number of aryl methyl sites for hydroxylation is 1. The highest BCUT2D eigenvalue weighted by Crippen LogP contribution is 2.24. The van der Waals surface area contributed by atoms with Crippen LogP contribution in [-0.4, -0.2) is 29.8 Å². The number of rotatable bonds is 4. The normalized spacial score (nSPS) is 14.3. The van der Waals surface area contributed by atoms with Crippen molar-refractivity contribution >= 4 is 17.5 Å². The molecule has 3 aromatic rings. The maximum atomic E-state index is 13.1. The molecule has 0 radical (unpaired) electrons. The van der Waals surface area contributed by atoms with Crippen LogP contribution in [0.2, 0.25) is 0 Å². The summed E-state index contributed by atoms with van der Waals surface area (Å²) in [5.41, 5.74) is 4.70. The van der Waals surface area contributed by atoms with Crippen LogP contribution in [0.3, 0.4) is 0 Å². The highest BCUT2D eigenvalue weighted by Gasteiger charge is 2.27. The lowest BCUT2D eigenvalue weighted by molar-refractivity contribution is -0.121. The summed E-state index contributed by atoms with van der Waals surface area (Å²) >= 11 is 0. The number of hydrogen-bond donors (Lipinski definition) is 1. The van der Waals surface area contributed by atoms with Gasteiger partial charge in [0.1, 0.15) is 5.82 Å². The lowest BCUT2D eigenvalue weighted by Gasteiger charge is -2.31. The first-order valence-electron chi connectivity index (χ1n) is 10.5. The van der Waals surface area contributed by atoms with Gasteiger partial charge in [0.15, 0.2) is 0 Å². The average molecular weight is 416 g/mol. The fraction of sp³-hybridized carbons (Fsp3) is 0.231. The zero-order chi connectivity index (χ0) is 21.8. The van der Waals surface area contributed by atoms with Crippen molar-refractivity contribution < 1.29 is 14.0 Å². The molecule has 0 saturated carbocycles. The number of carbonyl (C=O) groups is 2. The van der Waals surface area contributed by atoms with E-state index in [0.29, 0.717) is 31.5 Å². The minimum Gasteiger partial charge on any atom is -0.339 e. The Labute approximate surface area is 181 Å². The van der Waals surface area contributed by atoms with Crippen molar-refractivity contribution in [3.63, 3.8) is 0 Å². The lowest BCUT2D eigenvalue weighted by Crippen LogP contribution is -2.41. The zero-order valence-corrected chi connectivity index (χ0v) is 17.5. The average Bonchev–Trinajstić information content (AvgIpc) is 2.80. The first-order chi connectivity index (χ1) is 15.0. The van der Waals surface area contributed by atoms with Gasteiger partial charge in [0, 0.05) is 30.3 Å². The molecule has 158 valence electrons. The van der Waals surface area contributed by atoms with Crippen LogP contribution in [0.4, 0.5) is 10.1 Å². The van der Waals surface area contributed by atoms with E-state index in [1.807, 2.05) is 30.3 Å². The number of nitrogens with one attached hydrogen (secondary N) is 1. The van der Waals surface area contributed by atoms with Crippen molar-refractivity contribution in [2.45, 2.75) is 19.8 Å². The molecule has 1 heterocycles. The molecule has 31 heavy (non-hydrogen) atoms. The molecule has 1 aliphatic heterocycles. The number of carbonyl (C=O) groups excluding carboxylic acids is 2. The van der Waals surface area contributed by atoms with Gasteiger partial charge in [0.05, 0.1) is 0 Å². The van der Waals surface area contributed by atoms with E-state index < -0.39 is 0 Å². The zero-order valence-electron chi connectivity index (χ0n) is 17.5. The summed E-state index contributed by atoms with van der Waals surface area (Å²) in [6, 6.07) is 21.7. The first-order valence-corrected chi connectivity index (χ1v) is 10.5. The molecule has 1 N–H and O–H groups in total. The van der Waals surface area contributed by atoms with Crippen molar-refractivity contribution in [2.24, 2.45) is 5.92 Å². The molecule has 3 aromatic carbocycles. The van der Waals surface area contributed by atoms with Crippen LogP contribution in [0, 0.1) is 18.7 Å². The third-order valence-corrected chi connectivity index (χ3v) is 5.75. The second-order valence-electron chi connectivity index (χ2n) is 8.01. The Bertz CT molecular complexity index is 1070. The summed E-state index contributed by atoms with van der Waals surface area (Å²) in [6.07, 6.45) is 1.22. The van der Waals surface area contributed by atoms with Crippen molar-refractivity contribution in [2.75, 3.05) is 18.4 Å². The van der Waals surface area contributed by atoms with Gasteiger partial charge in [-0.25, -0.2) is 4.39 Å². The number of piperidine rings is 1. The molecule has 2 amide bonds. The summed E-state index contributed by atoms with van der Waals surface area (Å²) < 4.78 is 13.1. The molecule has 1 saturated heterocycles. The molecule has 0 atom stereocenters.